The van der Waals surface area contributed by atoms with Gasteiger partial charge >= 0.3 is 0 Å². The number of rotatable bonds is 7. The second-order valence-corrected chi connectivity index (χ2v) is 15.1. The third kappa shape index (κ3) is 5.86. The molecule has 0 amide bonds. The Morgan fingerprint density at radius 1 is 0.953 bits per heavy atom. The van der Waals surface area contributed by atoms with Crippen LogP contribution in [0.2, 0.25) is 0 Å². The van der Waals surface area contributed by atoms with Gasteiger partial charge in [0, 0.05) is 56.0 Å². The molecule has 43 heavy (non-hydrogen) atoms. The van der Waals surface area contributed by atoms with E-state index in [1.807, 2.05) is 17.9 Å². The Morgan fingerprint density at radius 3 is 2.21 bits per heavy atom. The van der Waals surface area contributed by atoms with Gasteiger partial charge in [-0.1, -0.05) is 6.07 Å². The summed E-state index contributed by atoms with van der Waals surface area (Å²) in [7, 11) is -4.06. The van der Waals surface area contributed by atoms with Crippen molar-refractivity contribution in [3.05, 3.63) is 41.6 Å². The van der Waals surface area contributed by atoms with Gasteiger partial charge in [-0.3, -0.25) is 0 Å². The van der Waals surface area contributed by atoms with Gasteiger partial charge in [0.2, 0.25) is 21.8 Å². The first kappa shape index (κ1) is 29.9. The summed E-state index contributed by atoms with van der Waals surface area (Å²) in [5.74, 6) is -1.53. The molecule has 13 heteroatoms. The average molecular weight is 617 g/mol. The average Bonchev–Trinajstić information content (AvgIpc) is 3.51. The Morgan fingerprint density at radius 2 is 1.58 bits per heavy atom. The molecular weight excluding hydrogens is 578 g/mol. The molecule has 6 rings (SSSR count). The van der Waals surface area contributed by atoms with Crippen molar-refractivity contribution in [3.8, 4) is 22.9 Å². The van der Waals surface area contributed by atoms with Crippen LogP contribution in [0.15, 0.2) is 34.7 Å². The monoisotopic (exact) mass is 616 g/mol. The lowest BCUT2D eigenvalue weighted by atomic mass is 9.91. The zero-order valence-electron chi connectivity index (χ0n) is 24.7. The number of piperidine rings is 2. The van der Waals surface area contributed by atoms with E-state index in [0.29, 0.717) is 33.6 Å². The van der Waals surface area contributed by atoms with Crippen LogP contribution in [0.25, 0.3) is 22.9 Å². The fraction of sp³-hybridized carbons (Fsp3) is 0.567. The number of aromatic nitrogens is 3. The van der Waals surface area contributed by atoms with Gasteiger partial charge in [-0.15, -0.1) is 10.2 Å². The Bertz CT molecular complexity index is 1620. The quantitative estimate of drug-likeness (QED) is 0.382. The topological polar surface area (TPSA) is 139 Å². The van der Waals surface area contributed by atoms with Gasteiger partial charge in [0.05, 0.1) is 11.7 Å². The van der Waals surface area contributed by atoms with Crippen LogP contribution in [0.1, 0.15) is 69.7 Å². The van der Waals surface area contributed by atoms with Gasteiger partial charge in [0.15, 0.2) is 0 Å². The summed E-state index contributed by atoms with van der Waals surface area (Å²) in [6.07, 6.45) is 2.80. The molecule has 1 atom stereocenters. The molecule has 10 nitrogen and oxygen atoms in total. The number of sulfonamides is 1. The Hall–Kier alpha value is -3.16. The number of nitrogens with zero attached hydrogens (tertiary/aromatic N) is 5. The van der Waals surface area contributed by atoms with E-state index in [0.717, 1.165) is 31.6 Å². The van der Waals surface area contributed by atoms with Crippen LogP contribution < -0.4 is 14.9 Å². The highest BCUT2D eigenvalue weighted by atomic mass is 32.2. The number of hydrogen-bond acceptors (Lipinski definition) is 9. The Kier molecular flexibility index (Phi) is 7.29. The van der Waals surface area contributed by atoms with Crippen molar-refractivity contribution >= 4 is 21.5 Å². The number of aliphatic hydroxyl groups excluding tert-OH is 1. The molecular formula is C30H38F2N6O4S. The highest BCUT2D eigenvalue weighted by Crippen LogP contribution is 2.54. The molecule has 0 bridgehead atoms. The summed E-state index contributed by atoms with van der Waals surface area (Å²) in [6, 6.07) is 8.82. The Balaban J connectivity index is 1.34. The summed E-state index contributed by atoms with van der Waals surface area (Å²) in [6.45, 7) is 6.68. The zero-order valence-corrected chi connectivity index (χ0v) is 25.5. The number of nitrogens with two attached hydrogens (primary N) is 1. The van der Waals surface area contributed by atoms with E-state index in [4.69, 9.17) is 9.56 Å². The number of benzene rings is 1. The fourth-order valence-corrected chi connectivity index (χ4v) is 6.51. The molecule has 1 spiro atoms. The molecule has 4 heterocycles. The number of primary sulfonamides is 1. The van der Waals surface area contributed by atoms with Crippen molar-refractivity contribution in [1.82, 2.24) is 15.2 Å². The molecule has 1 unspecified atom stereocenters. The number of halogens is 2. The molecule has 2 saturated heterocycles. The number of anilines is 2. The highest BCUT2D eigenvalue weighted by Gasteiger charge is 2.45. The highest BCUT2D eigenvalue weighted by molar-refractivity contribution is 7.90. The molecule has 1 aromatic carbocycles. The largest absolute Gasteiger partial charge is 0.416 e. The molecule has 3 aliphatic rings. The zero-order chi connectivity index (χ0) is 30.8. The van der Waals surface area contributed by atoms with Crippen LogP contribution in [-0.4, -0.2) is 65.6 Å². The van der Waals surface area contributed by atoms with E-state index >= 15 is 0 Å². The van der Waals surface area contributed by atoms with Crippen LogP contribution >= 0.6 is 0 Å². The maximum absolute atomic E-state index is 13.7. The van der Waals surface area contributed by atoms with Crippen LogP contribution in [0.4, 0.5) is 20.3 Å². The molecule has 3 fully saturated rings. The van der Waals surface area contributed by atoms with Gasteiger partial charge in [-0.05, 0) is 81.7 Å². The summed E-state index contributed by atoms with van der Waals surface area (Å²) in [5.41, 5.74) is 3.62. The van der Waals surface area contributed by atoms with E-state index in [1.54, 1.807) is 24.3 Å². The van der Waals surface area contributed by atoms with Gasteiger partial charge in [-0.25, -0.2) is 27.3 Å². The van der Waals surface area contributed by atoms with E-state index in [9.17, 15) is 22.3 Å². The summed E-state index contributed by atoms with van der Waals surface area (Å²) < 4.78 is 56.6. The third-order valence-electron chi connectivity index (χ3n) is 9.51. The third-order valence-corrected chi connectivity index (χ3v) is 11.2. The van der Waals surface area contributed by atoms with Crippen LogP contribution in [0.5, 0.6) is 0 Å². The van der Waals surface area contributed by atoms with Gasteiger partial charge in [0.25, 0.3) is 5.92 Å². The predicted molar refractivity (Wildman–Crippen MR) is 159 cm³/mol. The molecule has 3 aromatic rings. The second kappa shape index (κ2) is 10.5. The molecule has 3 N–H and O–H groups in total. The van der Waals surface area contributed by atoms with E-state index in [1.165, 1.54) is 26.7 Å². The molecule has 0 radical (unpaired) electrons. The molecule has 1 aliphatic carbocycles. The minimum atomic E-state index is -4.06. The van der Waals surface area contributed by atoms with Crippen molar-refractivity contribution < 1.29 is 26.7 Å². The lowest BCUT2D eigenvalue weighted by molar-refractivity contribution is -0.0221. The predicted octanol–water partition coefficient (Wildman–Crippen LogP) is 4.82. The van der Waals surface area contributed by atoms with Gasteiger partial charge < -0.3 is 19.3 Å². The number of hydrogen-bond donors (Lipinski definition) is 2. The van der Waals surface area contributed by atoms with E-state index < -0.39 is 26.8 Å². The van der Waals surface area contributed by atoms with Crippen molar-refractivity contribution in [2.45, 2.75) is 76.1 Å². The first-order chi connectivity index (χ1) is 20.2. The molecule has 1 saturated carbocycles. The summed E-state index contributed by atoms with van der Waals surface area (Å²) >= 11 is 0. The molecule has 2 aromatic heterocycles. The van der Waals surface area contributed by atoms with Crippen LogP contribution in [0, 0.1) is 12.3 Å². The maximum Gasteiger partial charge on any atom is 0.251 e. The second-order valence-electron chi connectivity index (χ2n) is 12.9. The number of aryl methyl sites for hydroxylation is 1. The number of pyridine rings is 1. The van der Waals surface area contributed by atoms with Crippen LogP contribution in [-0.2, 0) is 10.0 Å². The maximum atomic E-state index is 13.7. The van der Waals surface area contributed by atoms with Crippen molar-refractivity contribution in [2.24, 2.45) is 10.6 Å². The van der Waals surface area contributed by atoms with Crippen molar-refractivity contribution in [3.63, 3.8) is 0 Å². The Labute approximate surface area is 250 Å². The minimum Gasteiger partial charge on any atom is -0.416 e. The van der Waals surface area contributed by atoms with E-state index in [2.05, 4.69) is 20.1 Å². The first-order valence-electron chi connectivity index (χ1n) is 14.7. The standard InChI is InChI=1S/C30H38F2N6O4S/c1-19-16-21(18-24(34-19)38-14-10-30(31,32)11-15-38)26-35-36-27(42-26)22-5-4-20(25(39)28(2,3)43(33,40)41)17-23(22)37-12-8-29(6-7-29)9-13-37/h4-5,16-18,25,39H,6-15H2,1-3H3,(H2,33,40,41). The molecule has 232 valence electrons. The lowest BCUT2D eigenvalue weighted by Gasteiger charge is -2.35. The lowest BCUT2D eigenvalue weighted by Crippen LogP contribution is -2.43. The summed E-state index contributed by atoms with van der Waals surface area (Å²) in [4.78, 5) is 8.63. The fourth-order valence-electron chi connectivity index (χ4n) is 6.07. The number of alkyl halides is 2. The first-order valence-corrected chi connectivity index (χ1v) is 16.3. The van der Waals surface area contributed by atoms with Gasteiger partial charge in [0.1, 0.15) is 10.6 Å². The van der Waals surface area contributed by atoms with E-state index in [-0.39, 0.29) is 37.7 Å². The SMILES string of the molecule is Cc1cc(-c2nnc(-c3ccc(C(O)C(C)(C)S(N)(=O)=O)cc3N3CCC4(CC3)CC4)o2)cc(N2CCC(F)(F)CC2)n1. The number of aliphatic hydroxyl groups is 1. The van der Waals surface area contributed by atoms with Crippen LogP contribution in [0.3, 0.4) is 0 Å². The summed E-state index contributed by atoms with van der Waals surface area (Å²) in [5, 5.41) is 25.3. The van der Waals surface area contributed by atoms with Gasteiger partial charge in [-0.2, -0.15) is 0 Å². The normalized spacial score (nSPS) is 20.8. The minimum absolute atomic E-state index is 0.207. The van der Waals surface area contributed by atoms with Crippen molar-refractivity contribution in [2.75, 3.05) is 36.0 Å². The molecule has 2 aliphatic heterocycles. The van der Waals surface area contributed by atoms with Crippen molar-refractivity contribution in [1.29, 1.82) is 0 Å². The smallest absolute Gasteiger partial charge is 0.251 e.